The number of hydrogen-bond acceptors (Lipinski definition) is 2. The Hall–Kier alpha value is -0.530. The van der Waals surface area contributed by atoms with E-state index in [1.807, 2.05) is 0 Å². The van der Waals surface area contributed by atoms with Crippen molar-refractivity contribution >= 4 is 5.97 Å². The van der Waals surface area contributed by atoms with E-state index in [-0.39, 0.29) is 11.4 Å². The van der Waals surface area contributed by atoms with Crippen LogP contribution in [0.1, 0.15) is 131 Å². The van der Waals surface area contributed by atoms with Crippen LogP contribution in [0.15, 0.2) is 0 Å². The molecule has 0 aromatic heterocycles. The third kappa shape index (κ3) is 12.0. The Morgan fingerprint density at radius 1 is 0.731 bits per heavy atom. The van der Waals surface area contributed by atoms with Crippen molar-refractivity contribution in [3.63, 3.8) is 0 Å². The van der Waals surface area contributed by atoms with E-state index in [1.165, 1.54) is 57.8 Å². The van der Waals surface area contributed by atoms with Gasteiger partial charge in [0.25, 0.3) is 0 Å². The summed E-state index contributed by atoms with van der Waals surface area (Å²) in [5.74, 6) is 0.647. The fourth-order valence-electron chi connectivity index (χ4n) is 4.03. The molecule has 0 fully saturated rings. The maximum absolute atomic E-state index is 13.1. The number of rotatable bonds is 18. The van der Waals surface area contributed by atoms with Gasteiger partial charge < -0.3 is 4.74 Å². The Kier molecular flexibility index (Phi) is 16.3. The minimum atomic E-state index is -0.236. The van der Waals surface area contributed by atoms with E-state index in [1.54, 1.807) is 0 Å². The number of esters is 1. The van der Waals surface area contributed by atoms with Gasteiger partial charge in [-0.15, -0.1) is 0 Å². The lowest BCUT2D eigenvalue weighted by molar-refractivity contribution is -0.158. The van der Waals surface area contributed by atoms with Crippen LogP contribution >= 0.6 is 0 Å². The molecule has 0 heterocycles. The lowest BCUT2D eigenvalue weighted by atomic mass is 9.72. The van der Waals surface area contributed by atoms with Gasteiger partial charge in [-0.2, -0.15) is 0 Å². The van der Waals surface area contributed by atoms with Crippen LogP contribution in [0.5, 0.6) is 0 Å². The van der Waals surface area contributed by atoms with Crippen molar-refractivity contribution in [2.45, 2.75) is 131 Å². The van der Waals surface area contributed by atoms with Crippen LogP contribution in [0.3, 0.4) is 0 Å². The van der Waals surface area contributed by atoms with Gasteiger partial charge in [-0.25, -0.2) is 0 Å². The first kappa shape index (κ1) is 25.5. The van der Waals surface area contributed by atoms with Gasteiger partial charge in [0.2, 0.25) is 0 Å². The van der Waals surface area contributed by atoms with Crippen LogP contribution in [0.4, 0.5) is 0 Å². The van der Waals surface area contributed by atoms with E-state index < -0.39 is 0 Å². The van der Waals surface area contributed by atoms with Crippen LogP contribution < -0.4 is 0 Å². The van der Waals surface area contributed by atoms with Crippen molar-refractivity contribution in [2.24, 2.45) is 11.3 Å². The Balaban J connectivity index is 4.76. The number of carbonyl (C=O) groups excluding carboxylic acids is 1. The predicted molar refractivity (Wildman–Crippen MR) is 115 cm³/mol. The summed E-state index contributed by atoms with van der Waals surface area (Å²) in [7, 11) is 0. The first-order valence-electron chi connectivity index (χ1n) is 11.7. The second kappa shape index (κ2) is 16.6. The molecule has 0 amide bonds. The minimum absolute atomic E-state index is 0.106. The molecular formula is C24H48O2. The van der Waals surface area contributed by atoms with Crippen LogP contribution in [-0.4, -0.2) is 12.6 Å². The van der Waals surface area contributed by atoms with Crippen molar-refractivity contribution in [1.82, 2.24) is 0 Å². The summed E-state index contributed by atoms with van der Waals surface area (Å²) in [6.07, 6.45) is 17.5. The molecule has 26 heavy (non-hydrogen) atoms. The summed E-state index contributed by atoms with van der Waals surface area (Å²) < 4.78 is 5.84. The highest BCUT2D eigenvalue weighted by atomic mass is 16.5. The molecule has 0 aromatic carbocycles. The van der Waals surface area contributed by atoms with E-state index >= 15 is 0 Å². The molecule has 0 aliphatic heterocycles. The monoisotopic (exact) mass is 368 g/mol. The topological polar surface area (TPSA) is 26.3 Å². The first-order chi connectivity index (χ1) is 12.5. The Morgan fingerprint density at radius 3 is 1.73 bits per heavy atom. The highest BCUT2D eigenvalue weighted by Gasteiger charge is 2.39. The number of hydrogen-bond donors (Lipinski definition) is 0. The number of unbranched alkanes of at least 4 members (excludes halogenated alkanes) is 9. The zero-order chi connectivity index (χ0) is 19.7. The van der Waals surface area contributed by atoms with E-state index in [2.05, 4.69) is 34.6 Å². The molecule has 0 aliphatic carbocycles. The third-order valence-electron chi connectivity index (χ3n) is 5.48. The molecule has 1 unspecified atom stereocenters. The average Bonchev–Trinajstić information content (AvgIpc) is 2.61. The Bertz CT molecular complexity index is 324. The van der Waals surface area contributed by atoms with Crippen molar-refractivity contribution in [2.75, 3.05) is 6.61 Å². The zero-order valence-corrected chi connectivity index (χ0v) is 18.7. The molecule has 2 nitrogen and oxygen atoms in total. The lowest BCUT2D eigenvalue weighted by Gasteiger charge is -2.33. The number of ether oxygens (including phenoxy) is 1. The summed E-state index contributed by atoms with van der Waals surface area (Å²) in [5, 5.41) is 0. The van der Waals surface area contributed by atoms with E-state index in [0.29, 0.717) is 12.5 Å². The van der Waals surface area contributed by atoms with Crippen LogP contribution in [0, 0.1) is 11.3 Å². The average molecular weight is 369 g/mol. The van der Waals surface area contributed by atoms with Crippen LogP contribution in [0.25, 0.3) is 0 Å². The predicted octanol–water partition coefficient (Wildman–Crippen LogP) is 8.08. The summed E-state index contributed by atoms with van der Waals surface area (Å²) >= 11 is 0. The van der Waals surface area contributed by atoms with Gasteiger partial charge in [0.05, 0.1) is 12.0 Å². The molecule has 0 saturated carbocycles. The first-order valence-corrected chi connectivity index (χ1v) is 11.7. The van der Waals surface area contributed by atoms with Gasteiger partial charge in [0, 0.05) is 0 Å². The summed E-state index contributed by atoms with van der Waals surface area (Å²) in [5.41, 5.74) is -0.236. The normalized spacial score (nSPS) is 13.8. The van der Waals surface area contributed by atoms with Gasteiger partial charge >= 0.3 is 5.97 Å². The molecule has 0 bridgehead atoms. The summed E-state index contributed by atoms with van der Waals surface area (Å²) in [6, 6.07) is 0. The standard InChI is InChI=1S/C24H48O2/c1-6-9-12-14-17-20-26-23(25)24(21-22(4)5,18-15-11-8-3)19-16-13-10-7-2/h22H,6-21H2,1-5H3. The maximum Gasteiger partial charge on any atom is 0.312 e. The van der Waals surface area contributed by atoms with Gasteiger partial charge in [-0.1, -0.05) is 105 Å². The van der Waals surface area contributed by atoms with Gasteiger partial charge in [-0.05, 0) is 31.6 Å². The molecule has 0 aromatic rings. The Labute approximate surface area is 164 Å². The largest absolute Gasteiger partial charge is 0.465 e. The quantitative estimate of drug-likeness (QED) is 0.180. The van der Waals surface area contributed by atoms with E-state index in [0.717, 1.165) is 38.5 Å². The van der Waals surface area contributed by atoms with Gasteiger partial charge in [0.1, 0.15) is 0 Å². The molecule has 1 atom stereocenters. The summed E-state index contributed by atoms with van der Waals surface area (Å²) in [6.45, 7) is 11.8. The molecule has 0 aliphatic rings. The highest BCUT2D eigenvalue weighted by Crippen LogP contribution is 2.39. The fourth-order valence-corrected chi connectivity index (χ4v) is 4.03. The van der Waals surface area contributed by atoms with Crippen molar-refractivity contribution in [3.05, 3.63) is 0 Å². The molecular weight excluding hydrogens is 320 g/mol. The molecule has 0 N–H and O–H groups in total. The van der Waals surface area contributed by atoms with Crippen LogP contribution in [-0.2, 0) is 9.53 Å². The molecule has 0 radical (unpaired) electrons. The van der Waals surface area contributed by atoms with Gasteiger partial charge in [-0.3, -0.25) is 4.79 Å². The lowest BCUT2D eigenvalue weighted by Crippen LogP contribution is -2.35. The maximum atomic E-state index is 13.1. The molecule has 0 spiro atoms. The van der Waals surface area contributed by atoms with Gasteiger partial charge in [0.15, 0.2) is 0 Å². The van der Waals surface area contributed by atoms with Crippen LogP contribution in [0.2, 0.25) is 0 Å². The number of carbonyl (C=O) groups is 1. The minimum Gasteiger partial charge on any atom is -0.465 e. The highest BCUT2D eigenvalue weighted by molar-refractivity contribution is 5.76. The van der Waals surface area contributed by atoms with E-state index in [4.69, 9.17) is 4.74 Å². The van der Waals surface area contributed by atoms with Crippen molar-refractivity contribution < 1.29 is 9.53 Å². The summed E-state index contributed by atoms with van der Waals surface area (Å²) in [4.78, 5) is 13.1. The smallest absolute Gasteiger partial charge is 0.312 e. The van der Waals surface area contributed by atoms with Crippen molar-refractivity contribution in [1.29, 1.82) is 0 Å². The molecule has 156 valence electrons. The van der Waals surface area contributed by atoms with Crippen molar-refractivity contribution in [3.8, 4) is 0 Å². The fraction of sp³-hybridized carbons (Fsp3) is 0.958. The molecule has 2 heteroatoms. The molecule has 0 saturated heterocycles. The third-order valence-corrected chi connectivity index (χ3v) is 5.48. The Morgan fingerprint density at radius 2 is 1.19 bits per heavy atom. The molecule has 0 rings (SSSR count). The second-order valence-electron chi connectivity index (χ2n) is 8.70. The SMILES string of the molecule is CCCCCCCOC(=O)C(CCCCC)(CCCCCC)CC(C)C. The van der Waals surface area contributed by atoms with E-state index in [9.17, 15) is 4.79 Å². The second-order valence-corrected chi connectivity index (χ2v) is 8.70. The zero-order valence-electron chi connectivity index (χ0n) is 18.7.